The minimum Gasteiger partial charge on any atom is -0.389 e. The van der Waals surface area contributed by atoms with Gasteiger partial charge in [-0.2, -0.15) is 0 Å². The molecule has 1 rings (SSSR count). The third kappa shape index (κ3) is 6.13. The minimum atomic E-state index is -0.862. The third-order valence-electron chi connectivity index (χ3n) is 2.41. The molecule has 0 spiro atoms. The summed E-state index contributed by atoms with van der Waals surface area (Å²) in [5.74, 6) is -1.44. The van der Waals surface area contributed by atoms with Gasteiger partial charge in [0.15, 0.2) is 0 Å². The zero-order valence-electron chi connectivity index (χ0n) is 11.2. The van der Waals surface area contributed by atoms with Gasteiger partial charge in [0.25, 0.3) is 0 Å². The van der Waals surface area contributed by atoms with Crippen LogP contribution in [0.25, 0.3) is 0 Å². The van der Waals surface area contributed by atoms with Crippen molar-refractivity contribution in [3.05, 3.63) is 28.2 Å². The number of benzene rings is 1. The predicted octanol–water partition coefficient (Wildman–Crippen LogP) is 2.55. The van der Waals surface area contributed by atoms with Crippen LogP contribution in [0.3, 0.4) is 0 Å². The van der Waals surface area contributed by atoms with Crippen LogP contribution in [-0.2, 0) is 9.47 Å². The molecule has 1 atom stereocenters. The summed E-state index contributed by atoms with van der Waals surface area (Å²) in [5, 5.41) is 12.1. The topological polar surface area (TPSA) is 50.7 Å². The Morgan fingerprint density at radius 2 is 1.85 bits per heavy atom. The first-order chi connectivity index (χ1) is 9.54. The molecule has 0 radical (unpaired) electrons. The number of nitrogens with one attached hydrogen (secondary N) is 1. The van der Waals surface area contributed by atoms with E-state index in [0.717, 1.165) is 12.1 Å². The first-order valence-electron chi connectivity index (χ1n) is 6.26. The smallest absolute Gasteiger partial charge is 0.150 e. The molecule has 114 valence electrons. The molecule has 0 aliphatic rings. The van der Waals surface area contributed by atoms with E-state index >= 15 is 0 Å². The van der Waals surface area contributed by atoms with Gasteiger partial charge >= 0.3 is 0 Å². The highest BCUT2D eigenvalue weighted by Crippen LogP contribution is 2.23. The highest BCUT2D eigenvalue weighted by Gasteiger charge is 2.12. The van der Waals surface area contributed by atoms with Crippen LogP contribution >= 0.6 is 15.9 Å². The Labute approximate surface area is 125 Å². The van der Waals surface area contributed by atoms with Gasteiger partial charge < -0.3 is 19.9 Å². The lowest BCUT2D eigenvalue weighted by atomic mass is 10.2. The molecule has 0 aromatic heterocycles. The Hall–Kier alpha value is -0.760. The number of rotatable bonds is 9. The van der Waals surface area contributed by atoms with Gasteiger partial charge in [-0.15, -0.1) is 0 Å². The maximum absolute atomic E-state index is 13.5. The number of aliphatic hydroxyl groups excluding tert-OH is 1. The summed E-state index contributed by atoms with van der Waals surface area (Å²) in [7, 11) is 0. The van der Waals surface area contributed by atoms with Crippen LogP contribution in [0.15, 0.2) is 16.6 Å². The fourth-order valence-electron chi connectivity index (χ4n) is 1.47. The van der Waals surface area contributed by atoms with Crippen LogP contribution in [0.2, 0.25) is 0 Å². The highest BCUT2D eigenvalue weighted by molar-refractivity contribution is 9.10. The number of hydrogen-bond acceptors (Lipinski definition) is 4. The average Bonchev–Trinajstić information content (AvgIpc) is 2.37. The molecule has 0 fully saturated rings. The Balaban J connectivity index is 2.32. The molecule has 2 N–H and O–H groups in total. The van der Waals surface area contributed by atoms with Gasteiger partial charge in [-0.3, -0.25) is 0 Å². The summed E-state index contributed by atoms with van der Waals surface area (Å²) in [6, 6.07) is 2.30. The lowest BCUT2D eigenvalue weighted by molar-refractivity contribution is 0.0103. The average molecular weight is 354 g/mol. The van der Waals surface area contributed by atoms with Crippen molar-refractivity contribution in [2.75, 3.05) is 38.3 Å². The van der Waals surface area contributed by atoms with E-state index in [-0.39, 0.29) is 18.8 Å². The van der Waals surface area contributed by atoms with Crippen molar-refractivity contribution in [2.45, 2.75) is 13.0 Å². The number of hydrogen-bond donors (Lipinski definition) is 2. The molecule has 0 aliphatic heterocycles. The Kier molecular flexibility index (Phi) is 7.98. The molecular formula is C13H18BrF2NO3. The monoisotopic (exact) mass is 353 g/mol. The van der Waals surface area contributed by atoms with Crippen molar-refractivity contribution in [3.63, 3.8) is 0 Å². The maximum Gasteiger partial charge on any atom is 0.150 e. The molecular weight excluding hydrogens is 336 g/mol. The highest BCUT2D eigenvalue weighted by atomic mass is 79.9. The van der Waals surface area contributed by atoms with E-state index in [1.165, 1.54) is 0 Å². The van der Waals surface area contributed by atoms with Crippen molar-refractivity contribution in [3.8, 4) is 0 Å². The van der Waals surface area contributed by atoms with Crippen molar-refractivity contribution in [2.24, 2.45) is 0 Å². The van der Waals surface area contributed by atoms with Crippen LogP contribution < -0.4 is 5.32 Å². The van der Waals surface area contributed by atoms with Crippen molar-refractivity contribution < 1.29 is 23.4 Å². The molecule has 20 heavy (non-hydrogen) atoms. The number of halogens is 3. The summed E-state index contributed by atoms with van der Waals surface area (Å²) in [4.78, 5) is 0. The Bertz CT molecular complexity index is 398. The largest absolute Gasteiger partial charge is 0.389 e. The van der Waals surface area contributed by atoms with Crippen LogP contribution in [0, 0.1) is 11.6 Å². The number of anilines is 1. The second kappa shape index (κ2) is 9.23. The lowest BCUT2D eigenvalue weighted by Gasteiger charge is -2.14. The van der Waals surface area contributed by atoms with Gasteiger partial charge in [0.1, 0.15) is 17.3 Å². The van der Waals surface area contributed by atoms with Crippen LogP contribution in [0.1, 0.15) is 6.92 Å². The van der Waals surface area contributed by atoms with Gasteiger partial charge in [-0.1, -0.05) is 15.9 Å². The second-order valence-electron chi connectivity index (χ2n) is 4.05. The first kappa shape index (κ1) is 17.3. The fraction of sp³-hybridized carbons (Fsp3) is 0.538. The molecule has 7 heteroatoms. The molecule has 0 saturated carbocycles. The van der Waals surface area contributed by atoms with Crippen LogP contribution in [-0.4, -0.2) is 44.2 Å². The fourth-order valence-corrected chi connectivity index (χ4v) is 1.87. The van der Waals surface area contributed by atoms with E-state index in [2.05, 4.69) is 21.2 Å². The van der Waals surface area contributed by atoms with Gasteiger partial charge in [0, 0.05) is 17.6 Å². The van der Waals surface area contributed by atoms with E-state index < -0.39 is 17.7 Å². The van der Waals surface area contributed by atoms with Gasteiger partial charge in [-0.05, 0) is 19.1 Å². The zero-order chi connectivity index (χ0) is 15.0. The minimum absolute atomic E-state index is 0.00981. The maximum atomic E-state index is 13.5. The van der Waals surface area contributed by atoms with Crippen LogP contribution in [0.5, 0.6) is 0 Å². The molecule has 4 nitrogen and oxygen atoms in total. The molecule has 1 aromatic rings. The van der Waals surface area contributed by atoms with Crippen molar-refractivity contribution in [1.82, 2.24) is 0 Å². The van der Waals surface area contributed by atoms with E-state index in [1.807, 2.05) is 6.92 Å². The molecule has 0 saturated heterocycles. The lowest BCUT2D eigenvalue weighted by Crippen LogP contribution is -2.26. The second-order valence-corrected chi connectivity index (χ2v) is 4.97. The van der Waals surface area contributed by atoms with Gasteiger partial charge in [-0.25, -0.2) is 8.78 Å². The first-order valence-corrected chi connectivity index (χ1v) is 7.05. The molecule has 1 unspecified atom stereocenters. The summed E-state index contributed by atoms with van der Waals surface area (Å²) < 4.78 is 37.5. The van der Waals surface area contributed by atoms with E-state index in [4.69, 9.17) is 9.47 Å². The zero-order valence-corrected chi connectivity index (χ0v) is 12.8. The predicted molar refractivity (Wildman–Crippen MR) is 75.9 cm³/mol. The van der Waals surface area contributed by atoms with E-state index in [9.17, 15) is 13.9 Å². The SMILES string of the molecule is CCOCCOCC(O)CNc1c(F)cc(Br)cc1F. The Morgan fingerprint density at radius 1 is 1.25 bits per heavy atom. The number of ether oxygens (including phenoxy) is 2. The van der Waals surface area contributed by atoms with Crippen molar-refractivity contribution in [1.29, 1.82) is 0 Å². The van der Waals surface area contributed by atoms with Gasteiger partial charge in [0.2, 0.25) is 0 Å². The normalized spacial score (nSPS) is 12.4. The molecule has 1 aromatic carbocycles. The van der Waals surface area contributed by atoms with E-state index in [0.29, 0.717) is 24.3 Å². The van der Waals surface area contributed by atoms with Crippen LogP contribution in [0.4, 0.5) is 14.5 Å². The quantitative estimate of drug-likeness (QED) is 0.670. The summed E-state index contributed by atoms with van der Waals surface area (Å²) in [6.07, 6.45) is -0.862. The standard InChI is InChI=1S/C13H18BrF2NO3/c1-2-19-3-4-20-8-10(18)7-17-13-11(15)5-9(14)6-12(13)16/h5-6,10,17-18H,2-4,7-8H2,1H3. The molecule has 0 heterocycles. The summed E-state index contributed by atoms with van der Waals surface area (Å²) in [6.45, 7) is 3.36. The van der Waals surface area contributed by atoms with E-state index in [1.54, 1.807) is 0 Å². The molecule has 0 amide bonds. The van der Waals surface area contributed by atoms with Crippen molar-refractivity contribution >= 4 is 21.6 Å². The van der Waals surface area contributed by atoms with Gasteiger partial charge in [0.05, 0.1) is 25.9 Å². The molecule has 0 bridgehead atoms. The molecule has 0 aliphatic carbocycles. The Morgan fingerprint density at radius 3 is 2.45 bits per heavy atom. The number of aliphatic hydroxyl groups is 1. The third-order valence-corrected chi connectivity index (χ3v) is 2.87. The summed E-state index contributed by atoms with van der Waals surface area (Å²) >= 11 is 2.99. The summed E-state index contributed by atoms with van der Waals surface area (Å²) in [5.41, 5.74) is -0.262.